The van der Waals surface area contributed by atoms with E-state index in [-0.39, 0.29) is 23.3 Å². The third-order valence-electron chi connectivity index (χ3n) is 4.81. The van der Waals surface area contributed by atoms with Gasteiger partial charge in [0.2, 0.25) is 15.4 Å². The smallest absolute Gasteiger partial charge is 0.373 e. The molecule has 1 atom stereocenters. The molecule has 0 aliphatic carbocycles. The molecule has 2 aromatic carbocycles. The lowest BCUT2D eigenvalue weighted by Gasteiger charge is -2.25. The number of carbonyl (C=O) groups is 2. The first-order chi connectivity index (χ1) is 15.1. The molecule has 0 bridgehead atoms. The summed E-state index contributed by atoms with van der Waals surface area (Å²) in [5.41, 5.74) is -4.28. The topological polar surface area (TPSA) is 104 Å². The van der Waals surface area contributed by atoms with Crippen molar-refractivity contribution in [3.05, 3.63) is 52.8 Å². The average molecular weight is 511 g/mol. The van der Waals surface area contributed by atoms with E-state index in [1.807, 2.05) is 0 Å². The maximum Gasteiger partial charge on any atom is 0.426 e. The molecule has 0 heterocycles. The number of hydrogen-bond donors (Lipinski definition) is 2. The molecule has 0 spiro atoms. The molecule has 0 aliphatic heterocycles. The number of benzene rings is 2. The van der Waals surface area contributed by atoms with E-state index in [2.05, 4.69) is 0 Å². The van der Waals surface area contributed by atoms with E-state index in [9.17, 15) is 40.7 Å². The monoisotopic (exact) mass is 510 g/mol. The van der Waals surface area contributed by atoms with E-state index in [0.29, 0.717) is 12.6 Å². The van der Waals surface area contributed by atoms with Gasteiger partial charge in [-0.15, -0.1) is 0 Å². The van der Waals surface area contributed by atoms with Gasteiger partial charge in [0, 0.05) is 19.2 Å². The number of nitrogens with zero attached hydrogens (tertiary/aromatic N) is 1. The Bertz CT molecular complexity index is 1180. The Morgan fingerprint density at radius 1 is 1.12 bits per heavy atom. The summed E-state index contributed by atoms with van der Waals surface area (Å²) < 4.78 is 78.8. The third kappa shape index (κ3) is 5.12. The Labute approximate surface area is 191 Å². The summed E-state index contributed by atoms with van der Waals surface area (Å²) in [6.45, 7) is 2.36. The maximum absolute atomic E-state index is 14.8. The van der Waals surface area contributed by atoms with Gasteiger partial charge in [-0.05, 0) is 50.2 Å². The van der Waals surface area contributed by atoms with Crippen molar-refractivity contribution >= 4 is 38.9 Å². The quantitative estimate of drug-likeness (QED) is 0.577. The number of alkyl halides is 3. The van der Waals surface area contributed by atoms with Gasteiger partial charge in [-0.3, -0.25) is 9.59 Å². The van der Waals surface area contributed by atoms with Crippen molar-refractivity contribution in [2.45, 2.75) is 35.4 Å². The number of sulfone groups is 1. The van der Waals surface area contributed by atoms with Crippen LogP contribution in [0.25, 0.3) is 0 Å². The van der Waals surface area contributed by atoms with Gasteiger partial charge >= 0.3 is 6.18 Å². The molecule has 0 unspecified atom stereocenters. The number of halogens is 5. The van der Waals surface area contributed by atoms with Crippen LogP contribution >= 0.6 is 11.6 Å². The van der Waals surface area contributed by atoms with Crippen LogP contribution in [0, 0.1) is 5.82 Å². The van der Waals surface area contributed by atoms with Crippen LogP contribution in [0.1, 0.15) is 24.2 Å². The Morgan fingerprint density at radius 2 is 1.67 bits per heavy atom. The van der Waals surface area contributed by atoms with Gasteiger partial charge in [0.15, 0.2) is 5.82 Å². The van der Waals surface area contributed by atoms with Crippen LogP contribution in [0.2, 0.25) is 5.02 Å². The molecule has 0 saturated heterocycles. The molecule has 0 radical (unpaired) electrons. The lowest BCUT2D eigenvalue weighted by atomic mass is 10.1. The molecule has 33 heavy (non-hydrogen) atoms. The zero-order chi connectivity index (χ0) is 25.4. The zero-order valence-electron chi connectivity index (χ0n) is 17.5. The summed E-state index contributed by atoms with van der Waals surface area (Å²) in [6, 6.07) is 6.17. The SMILES string of the molecule is CCN(C)C(=O)c1ccc(S(=O)(=O)c2ccc(NC(=O)[C@@](C)(O)C(F)(F)F)c(Cl)c2F)cc1. The fourth-order valence-corrected chi connectivity index (χ4v) is 4.08. The summed E-state index contributed by atoms with van der Waals surface area (Å²) in [6.07, 6.45) is -5.33. The van der Waals surface area contributed by atoms with Crippen LogP contribution in [0.5, 0.6) is 0 Å². The number of nitrogens with one attached hydrogen (secondary N) is 1. The molecule has 0 fully saturated rings. The first-order valence-electron chi connectivity index (χ1n) is 9.24. The minimum absolute atomic E-state index is 0.193. The van der Waals surface area contributed by atoms with Gasteiger partial charge in [0.25, 0.3) is 11.8 Å². The zero-order valence-corrected chi connectivity index (χ0v) is 19.1. The van der Waals surface area contributed by atoms with Gasteiger partial charge < -0.3 is 15.3 Å². The molecule has 13 heteroatoms. The van der Waals surface area contributed by atoms with Crippen molar-refractivity contribution in [1.29, 1.82) is 0 Å². The number of aliphatic hydroxyl groups is 1. The van der Waals surface area contributed by atoms with Gasteiger partial charge in [0.1, 0.15) is 9.92 Å². The van der Waals surface area contributed by atoms with Crippen LogP contribution in [0.15, 0.2) is 46.2 Å². The minimum Gasteiger partial charge on any atom is -0.373 e. The van der Waals surface area contributed by atoms with E-state index in [0.717, 1.165) is 18.2 Å². The van der Waals surface area contributed by atoms with E-state index in [1.165, 1.54) is 17.0 Å². The number of anilines is 1. The molecule has 0 saturated carbocycles. The lowest BCUT2D eigenvalue weighted by Crippen LogP contribution is -2.52. The Kier molecular flexibility index (Phi) is 7.46. The van der Waals surface area contributed by atoms with Crippen LogP contribution in [-0.4, -0.2) is 55.6 Å². The standard InChI is InChI=1S/C20H19ClF4N2O5S/c1-4-27(3)17(28)11-5-7-12(8-6-11)33(31,32)14-10-9-13(15(21)16(14)22)26-18(29)19(2,30)20(23,24)25/h5-10,30H,4H2,1-3H3,(H,26,29)/t19-/m1/s1. The second kappa shape index (κ2) is 9.27. The lowest BCUT2D eigenvalue weighted by molar-refractivity contribution is -0.242. The summed E-state index contributed by atoms with van der Waals surface area (Å²) in [7, 11) is -2.93. The number of carbonyl (C=O) groups excluding carboxylic acids is 2. The van der Waals surface area contributed by atoms with Crippen molar-refractivity contribution in [2.75, 3.05) is 18.9 Å². The average Bonchev–Trinajstić information content (AvgIpc) is 2.74. The Hall–Kier alpha value is -2.70. The van der Waals surface area contributed by atoms with E-state index < -0.39 is 48.9 Å². The third-order valence-corrected chi connectivity index (χ3v) is 6.97. The highest BCUT2D eigenvalue weighted by Gasteiger charge is 2.55. The molecular weight excluding hydrogens is 492 g/mol. The van der Waals surface area contributed by atoms with Gasteiger partial charge in [-0.1, -0.05) is 11.6 Å². The number of hydrogen-bond acceptors (Lipinski definition) is 5. The van der Waals surface area contributed by atoms with E-state index >= 15 is 0 Å². The largest absolute Gasteiger partial charge is 0.426 e. The summed E-state index contributed by atoms with van der Waals surface area (Å²) >= 11 is 5.75. The van der Waals surface area contributed by atoms with Crippen molar-refractivity contribution < 1.29 is 40.7 Å². The van der Waals surface area contributed by atoms with Crippen LogP contribution in [-0.2, 0) is 14.6 Å². The molecule has 0 aliphatic rings. The summed E-state index contributed by atoms with van der Waals surface area (Å²) in [5, 5.41) is 10.0. The molecule has 0 aromatic heterocycles. The fraction of sp³-hybridized carbons (Fsp3) is 0.300. The Balaban J connectivity index is 2.39. The molecule has 7 nitrogen and oxygen atoms in total. The van der Waals surface area contributed by atoms with E-state index in [4.69, 9.17) is 11.6 Å². The van der Waals surface area contributed by atoms with Crippen LogP contribution < -0.4 is 5.32 Å². The number of rotatable bonds is 6. The van der Waals surface area contributed by atoms with Crippen LogP contribution in [0.4, 0.5) is 23.2 Å². The second-order valence-corrected chi connectivity index (χ2v) is 9.41. The van der Waals surface area contributed by atoms with E-state index in [1.54, 1.807) is 19.3 Å². The molecular formula is C20H19ClF4N2O5S. The van der Waals surface area contributed by atoms with Crippen molar-refractivity contribution in [2.24, 2.45) is 0 Å². The van der Waals surface area contributed by atoms with Gasteiger partial charge in [-0.25, -0.2) is 12.8 Å². The van der Waals surface area contributed by atoms with Gasteiger partial charge in [-0.2, -0.15) is 13.2 Å². The summed E-state index contributed by atoms with van der Waals surface area (Å²) in [4.78, 5) is 24.1. The first-order valence-corrected chi connectivity index (χ1v) is 11.1. The Morgan fingerprint density at radius 3 is 2.15 bits per heavy atom. The highest BCUT2D eigenvalue weighted by molar-refractivity contribution is 7.91. The molecule has 180 valence electrons. The van der Waals surface area contributed by atoms with Crippen molar-refractivity contribution in [3.8, 4) is 0 Å². The molecule has 2 amide bonds. The minimum atomic E-state index is -5.33. The second-order valence-electron chi connectivity index (χ2n) is 7.11. The molecule has 2 rings (SSSR count). The highest BCUT2D eigenvalue weighted by atomic mass is 35.5. The normalized spacial score (nSPS) is 13.8. The fourth-order valence-electron chi connectivity index (χ4n) is 2.48. The van der Waals surface area contributed by atoms with Crippen LogP contribution in [0.3, 0.4) is 0 Å². The molecule has 2 aromatic rings. The summed E-state index contributed by atoms with van der Waals surface area (Å²) in [5.74, 6) is -3.82. The highest BCUT2D eigenvalue weighted by Crippen LogP contribution is 2.35. The predicted molar refractivity (Wildman–Crippen MR) is 111 cm³/mol. The predicted octanol–water partition coefficient (Wildman–Crippen LogP) is 3.66. The maximum atomic E-state index is 14.8. The van der Waals surface area contributed by atoms with Crippen molar-refractivity contribution in [1.82, 2.24) is 4.90 Å². The number of amides is 2. The first kappa shape index (κ1) is 26.6. The van der Waals surface area contributed by atoms with Crippen molar-refractivity contribution in [3.63, 3.8) is 0 Å². The molecule has 2 N–H and O–H groups in total. The van der Waals surface area contributed by atoms with Gasteiger partial charge in [0.05, 0.1) is 10.6 Å².